The SMILES string of the molecule is CC(C)Nc1cc(C(=O)N(C)CCc2ccncc2)ncn1. The summed E-state index contributed by atoms with van der Waals surface area (Å²) in [4.78, 5) is 26.2. The summed E-state index contributed by atoms with van der Waals surface area (Å²) >= 11 is 0. The molecule has 22 heavy (non-hydrogen) atoms. The number of aromatic nitrogens is 3. The van der Waals surface area contributed by atoms with Crippen molar-refractivity contribution in [3.05, 3.63) is 48.2 Å². The first-order valence-corrected chi connectivity index (χ1v) is 7.29. The fourth-order valence-electron chi connectivity index (χ4n) is 1.99. The predicted molar refractivity (Wildman–Crippen MR) is 85.7 cm³/mol. The average molecular weight is 299 g/mol. The van der Waals surface area contributed by atoms with Crippen LogP contribution in [0.4, 0.5) is 5.82 Å². The minimum Gasteiger partial charge on any atom is -0.368 e. The summed E-state index contributed by atoms with van der Waals surface area (Å²) in [6.07, 6.45) is 5.71. The first kappa shape index (κ1) is 15.9. The van der Waals surface area contributed by atoms with Crippen LogP contribution >= 0.6 is 0 Å². The van der Waals surface area contributed by atoms with Gasteiger partial charge in [0.05, 0.1) is 0 Å². The molecule has 0 spiro atoms. The molecule has 0 aliphatic carbocycles. The van der Waals surface area contributed by atoms with Crippen LogP contribution in [0.5, 0.6) is 0 Å². The Bertz CT molecular complexity index is 615. The fourth-order valence-corrected chi connectivity index (χ4v) is 1.99. The van der Waals surface area contributed by atoms with Crippen LogP contribution in [-0.2, 0) is 6.42 Å². The molecule has 1 amide bonds. The molecular weight excluding hydrogens is 278 g/mol. The van der Waals surface area contributed by atoms with Crippen LogP contribution in [0.25, 0.3) is 0 Å². The lowest BCUT2D eigenvalue weighted by Crippen LogP contribution is -2.29. The van der Waals surface area contributed by atoms with E-state index in [9.17, 15) is 4.79 Å². The molecule has 2 aromatic rings. The third kappa shape index (κ3) is 4.51. The average Bonchev–Trinajstić information content (AvgIpc) is 2.52. The molecule has 6 heteroatoms. The van der Waals surface area contributed by atoms with Crippen LogP contribution < -0.4 is 5.32 Å². The highest BCUT2D eigenvalue weighted by Gasteiger charge is 2.14. The Morgan fingerprint density at radius 3 is 2.68 bits per heavy atom. The zero-order valence-electron chi connectivity index (χ0n) is 13.2. The highest BCUT2D eigenvalue weighted by molar-refractivity contribution is 5.92. The van der Waals surface area contributed by atoms with Crippen molar-refractivity contribution in [2.45, 2.75) is 26.3 Å². The second-order valence-corrected chi connectivity index (χ2v) is 5.42. The van der Waals surface area contributed by atoms with E-state index in [1.54, 1.807) is 30.4 Å². The van der Waals surface area contributed by atoms with Crippen LogP contribution in [0, 0.1) is 0 Å². The second kappa shape index (κ2) is 7.49. The molecule has 0 aliphatic heterocycles. The van der Waals surface area contributed by atoms with Crippen molar-refractivity contribution < 1.29 is 4.79 Å². The molecule has 0 unspecified atom stereocenters. The van der Waals surface area contributed by atoms with Gasteiger partial charge in [0, 0.05) is 38.1 Å². The van der Waals surface area contributed by atoms with Gasteiger partial charge < -0.3 is 10.2 Å². The number of carbonyl (C=O) groups excluding carboxylic acids is 1. The zero-order chi connectivity index (χ0) is 15.9. The van der Waals surface area contributed by atoms with Crippen LogP contribution in [0.2, 0.25) is 0 Å². The number of amides is 1. The van der Waals surface area contributed by atoms with E-state index in [4.69, 9.17) is 0 Å². The number of carbonyl (C=O) groups is 1. The van der Waals surface area contributed by atoms with E-state index in [-0.39, 0.29) is 11.9 Å². The molecule has 0 fully saturated rings. The number of hydrogen-bond acceptors (Lipinski definition) is 5. The number of nitrogens with one attached hydrogen (secondary N) is 1. The number of anilines is 1. The molecule has 0 saturated carbocycles. The van der Waals surface area contributed by atoms with Crippen molar-refractivity contribution in [2.24, 2.45) is 0 Å². The Balaban J connectivity index is 1.98. The minimum absolute atomic E-state index is 0.108. The maximum Gasteiger partial charge on any atom is 0.272 e. The van der Waals surface area contributed by atoms with Crippen molar-refractivity contribution in [3.63, 3.8) is 0 Å². The third-order valence-electron chi connectivity index (χ3n) is 3.15. The van der Waals surface area contributed by atoms with Gasteiger partial charge in [-0.3, -0.25) is 9.78 Å². The van der Waals surface area contributed by atoms with Crippen molar-refractivity contribution in [3.8, 4) is 0 Å². The van der Waals surface area contributed by atoms with Crippen molar-refractivity contribution >= 4 is 11.7 Å². The molecule has 2 aromatic heterocycles. The normalized spacial score (nSPS) is 10.5. The fraction of sp³-hybridized carbons (Fsp3) is 0.375. The molecule has 116 valence electrons. The van der Waals surface area contributed by atoms with Crippen LogP contribution in [0.3, 0.4) is 0 Å². The van der Waals surface area contributed by atoms with Gasteiger partial charge in [-0.2, -0.15) is 0 Å². The number of likely N-dealkylation sites (N-methyl/N-ethyl adjacent to an activating group) is 1. The third-order valence-corrected chi connectivity index (χ3v) is 3.15. The zero-order valence-corrected chi connectivity index (χ0v) is 13.2. The largest absolute Gasteiger partial charge is 0.368 e. The van der Waals surface area contributed by atoms with Crippen LogP contribution in [0.15, 0.2) is 36.9 Å². The van der Waals surface area contributed by atoms with Gasteiger partial charge in [0.2, 0.25) is 0 Å². The molecule has 0 atom stereocenters. The van der Waals surface area contributed by atoms with E-state index in [2.05, 4.69) is 20.3 Å². The number of rotatable bonds is 6. The molecule has 0 saturated heterocycles. The Hall–Kier alpha value is -2.50. The maximum absolute atomic E-state index is 12.4. The molecule has 0 radical (unpaired) electrons. The summed E-state index contributed by atoms with van der Waals surface area (Å²) in [5.41, 5.74) is 1.55. The number of pyridine rings is 1. The molecule has 0 bridgehead atoms. The summed E-state index contributed by atoms with van der Waals surface area (Å²) in [7, 11) is 1.78. The van der Waals surface area contributed by atoms with E-state index in [0.717, 1.165) is 12.0 Å². The quantitative estimate of drug-likeness (QED) is 0.883. The van der Waals surface area contributed by atoms with Crippen molar-refractivity contribution in [1.29, 1.82) is 0 Å². The first-order valence-electron chi connectivity index (χ1n) is 7.29. The summed E-state index contributed by atoms with van der Waals surface area (Å²) in [6.45, 7) is 4.66. The van der Waals surface area contributed by atoms with E-state index in [1.165, 1.54) is 6.33 Å². The van der Waals surface area contributed by atoms with E-state index in [1.807, 2.05) is 26.0 Å². The number of hydrogen-bond donors (Lipinski definition) is 1. The van der Waals surface area contributed by atoms with Crippen molar-refractivity contribution in [2.75, 3.05) is 18.9 Å². The van der Waals surface area contributed by atoms with Gasteiger partial charge in [-0.1, -0.05) is 0 Å². The van der Waals surface area contributed by atoms with Crippen molar-refractivity contribution in [1.82, 2.24) is 19.9 Å². The standard InChI is InChI=1S/C16H21N5O/c1-12(2)20-15-10-14(18-11-19-15)16(22)21(3)9-6-13-4-7-17-8-5-13/h4-5,7-8,10-12H,6,9H2,1-3H3,(H,18,19,20). The van der Waals surface area contributed by atoms with Gasteiger partial charge in [-0.15, -0.1) is 0 Å². The van der Waals surface area contributed by atoms with Gasteiger partial charge in [0.15, 0.2) is 0 Å². The highest BCUT2D eigenvalue weighted by atomic mass is 16.2. The van der Waals surface area contributed by atoms with E-state index >= 15 is 0 Å². The van der Waals surface area contributed by atoms with Gasteiger partial charge in [-0.25, -0.2) is 9.97 Å². The Morgan fingerprint density at radius 1 is 1.27 bits per heavy atom. The summed E-state index contributed by atoms with van der Waals surface area (Å²) in [6, 6.07) is 5.84. The minimum atomic E-state index is -0.108. The Morgan fingerprint density at radius 2 is 2.00 bits per heavy atom. The lowest BCUT2D eigenvalue weighted by Gasteiger charge is -2.17. The van der Waals surface area contributed by atoms with E-state index < -0.39 is 0 Å². The number of nitrogens with zero attached hydrogens (tertiary/aromatic N) is 4. The molecular formula is C16H21N5O. The van der Waals surface area contributed by atoms with E-state index in [0.29, 0.717) is 18.1 Å². The molecule has 0 aliphatic rings. The Labute approximate surface area is 130 Å². The first-order chi connectivity index (χ1) is 10.6. The van der Waals surface area contributed by atoms with Crippen LogP contribution in [0.1, 0.15) is 29.9 Å². The molecule has 1 N–H and O–H groups in total. The lowest BCUT2D eigenvalue weighted by atomic mass is 10.2. The van der Waals surface area contributed by atoms with Gasteiger partial charge >= 0.3 is 0 Å². The second-order valence-electron chi connectivity index (χ2n) is 5.42. The Kier molecular flexibility index (Phi) is 5.41. The highest BCUT2D eigenvalue weighted by Crippen LogP contribution is 2.08. The monoisotopic (exact) mass is 299 g/mol. The summed E-state index contributed by atoms with van der Waals surface area (Å²) in [5, 5.41) is 3.17. The van der Waals surface area contributed by atoms with Crippen LogP contribution in [-0.4, -0.2) is 45.4 Å². The summed E-state index contributed by atoms with van der Waals surface area (Å²) in [5.74, 6) is 0.555. The smallest absolute Gasteiger partial charge is 0.272 e. The molecule has 2 rings (SSSR count). The van der Waals surface area contributed by atoms with Gasteiger partial charge in [-0.05, 0) is 38.0 Å². The molecule has 6 nitrogen and oxygen atoms in total. The lowest BCUT2D eigenvalue weighted by molar-refractivity contribution is 0.0790. The topological polar surface area (TPSA) is 71.0 Å². The van der Waals surface area contributed by atoms with Gasteiger partial charge in [0.25, 0.3) is 5.91 Å². The molecule has 0 aromatic carbocycles. The predicted octanol–water partition coefficient (Wildman–Crippen LogP) is 2.01. The maximum atomic E-state index is 12.4. The summed E-state index contributed by atoms with van der Waals surface area (Å²) < 4.78 is 0. The van der Waals surface area contributed by atoms with Gasteiger partial charge in [0.1, 0.15) is 17.8 Å². The molecule has 2 heterocycles.